The van der Waals surface area contributed by atoms with Gasteiger partial charge in [0.25, 0.3) is 0 Å². The summed E-state index contributed by atoms with van der Waals surface area (Å²) in [5, 5.41) is 2.97. The van der Waals surface area contributed by atoms with Crippen LogP contribution in [0.4, 0.5) is 16.2 Å². The Morgan fingerprint density at radius 3 is 2.36 bits per heavy atom. The highest BCUT2D eigenvalue weighted by Gasteiger charge is 2.36. The van der Waals surface area contributed by atoms with E-state index in [1.54, 1.807) is 38.2 Å². The molecule has 0 atom stereocenters. The second kappa shape index (κ2) is 6.81. The van der Waals surface area contributed by atoms with Gasteiger partial charge in [-0.2, -0.15) is 0 Å². The van der Waals surface area contributed by atoms with Crippen molar-refractivity contribution in [1.82, 2.24) is 0 Å². The first-order chi connectivity index (χ1) is 10.5. The van der Waals surface area contributed by atoms with Crippen molar-refractivity contribution in [2.75, 3.05) is 23.9 Å². The van der Waals surface area contributed by atoms with Gasteiger partial charge in [0, 0.05) is 23.8 Å². The third kappa shape index (κ3) is 3.59. The molecule has 0 aromatic heterocycles. The minimum absolute atomic E-state index is 0.0801. The summed E-state index contributed by atoms with van der Waals surface area (Å²) in [6.07, 6.45) is 3.74. The van der Waals surface area contributed by atoms with Crippen molar-refractivity contribution in [2.24, 2.45) is 5.41 Å². The third-order valence-electron chi connectivity index (χ3n) is 4.31. The molecule has 5 heteroatoms. The second-order valence-corrected chi connectivity index (χ2v) is 6.03. The maximum absolute atomic E-state index is 12.4. The lowest BCUT2D eigenvalue weighted by molar-refractivity contribution is -0.124. The first-order valence-electron chi connectivity index (χ1n) is 7.78. The molecule has 0 radical (unpaired) electrons. The predicted octanol–water partition coefficient (Wildman–Crippen LogP) is 3.80. The average Bonchev–Trinajstić information content (AvgIpc) is 2.96. The molecule has 1 N–H and O–H groups in total. The van der Waals surface area contributed by atoms with Gasteiger partial charge in [0.15, 0.2) is 0 Å². The Bertz CT molecular complexity index is 533. The molecule has 22 heavy (non-hydrogen) atoms. The van der Waals surface area contributed by atoms with E-state index in [4.69, 9.17) is 4.74 Å². The summed E-state index contributed by atoms with van der Waals surface area (Å²) in [7, 11) is 1.66. The van der Waals surface area contributed by atoms with Crippen molar-refractivity contribution in [3.8, 4) is 0 Å². The Morgan fingerprint density at radius 1 is 1.23 bits per heavy atom. The number of benzene rings is 1. The zero-order chi connectivity index (χ0) is 16.2. The van der Waals surface area contributed by atoms with E-state index in [1.807, 2.05) is 6.92 Å². The molecule has 1 aromatic rings. The number of nitrogens with zero attached hydrogens (tertiary/aromatic N) is 1. The van der Waals surface area contributed by atoms with Crippen LogP contribution in [0.5, 0.6) is 0 Å². The molecule has 2 rings (SSSR count). The highest BCUT2D eigenvalue weighted by molar-refractivity contribution is 5.95. The van der Waals surface area contributed by atoms with Crippen LogP contribution in [-0.4, -0.2) is 25.7 Å². The number of carbonyl (C=O) groups is 2. The van der Waals surface area contributed by atoms with Crippen LogP contribution in [-0.2, 0) is 9.53 Å². The topological polar surface area (TPSA) is 58.6 Å². The van der Waals surface area contributed by atoms with Crippen LogP contribution in [0.15, 0.2) is 24.3 Å². The first-order valence-corrected chi connectivity index (χ1v) is 7.78. The van der Waals surface area contributed by atoms with Gasteiger partial charge < -0.3 is 10.1 Å². The van der Waals surface area contributed by atoms with Gasteiger partial charge in [-0.05, 0) is 44.0 Å². The summed E-state index contributed by atoms with van der Waals surface area (Å²) in [6, 6.07) is 7.20. The van der Waals surface area contributed by atoms with E-state index < -0.39 is 6.09 Å². The summed E-state index contributed by atoms with van der Waals surface area (Å²) < 4.78 is 4.95. The van der Waals surface area contributed by atoms with Crippen molar-refractivity contribution >= 4 is 23.4 Å². The smallest absolute Gasteiger partial charge is 0.413 e. The normalized spacial score (nSPS) is 16.1. The van der Waals surface area contributed by atoms with E-state index in [0.717, 1.165) is 37.1 Å². The Kier molecular flexibility index (Phi) is 5.06. The van der Waals surface area contributed by atoms with E-state index >= 15 is 0 Å². The number of carbonyl (C=O) groups excluding carboxylic acids is 2. The van der Waals surface area contributed by atoms with Gasteiger partial charge in [0.2, 0.25) is 5.91 Å². The number of anilines is 2. The molecule has 5 nitrogen and oxygen atoms in total. The lowest BCUT2D eigenvalue weighted by Crippen LogP contribution is -2.30. The lowest BCUT2D eigenvalue weighted by Gasteiger charge is -2.22. The van der Waals surface area contributed by atoms with Crippen LogP contribution in [0.25, 0.3) is 0 Å². The molecule has 1 aliphatic rings. The molecule has 1 fully saturated rings. The SMILES string of the molecule is CCOC(=O)N(C)c1ccc(NC(=O)C2(C)CCCC2)cc1. The van der Waals surface area contributed by atoms with Crippen molar-refractivity contribution in [3.63, 3.8) is 0 Å². The van der Waals surface area contributed by atoms with Gasteiger partial charge in [-0.3, -0.25) is 9.69 Å². The molecule has 1 saturated carbocycles. The van der Waals surface area contributed by atoms with E-state index in [0.29, 0.717) is 6.61 Å². The first kappa shape index (κ1) is 16.3. The van der Waals surface area contributed by atoms with Crippen molar-refractivity contribution in [1.29, 1.82) is 0 Å². The van der Waals surface area contributed by atoms with E-state index in [-0.39, 0.29) is 11.3 Å². The zero-order valence-electron chi connectivity index (χ0n) is 13.5. The monoisotopic (exact) mass is 304 g/mol. The maximum Gasteiger partial charge on any atom is 0.413 e. The van der Waals surface area contributed by atoms with Crippen LogP contribution in [0.3, 0.4) is 0 Å². The van der Waals surface area contributed by atoms with Crippen molar-refractivity contribution in [2.45, 2.75) is 39.5 Å². The van der Waals surface area contributed by atoms with Crippen LogP contribution >= 0.6 is 0 Å². The van der Waals surface area contributed by atoms with Gasteiger partial charge in [0.1, 0.15) is 0 Å². The molecule has 2 amide bonds. The van der Waals surface area contributed by atoms with Crippen LogP contribution in [0, 0.1) is 5.41 Å². The Hall–Kier alpha value is -2.04. The summed E-state index contributed by atoms with van der Waals surface area (Å²) >= 11 is 0. The minimum atomic E-state index is -0.391. The molecular weight excluding hydrogens is 280 g/mol. The molecule has 0 heterocycles. The molecule has 0 unspecified atom stereocenters. The van der Waals surface area contributed by atoms with Gasteiger partial charge >= 0.3 is 6.09 Å². The summed E-state index contributed by atoms with van der Waals surface area (Å²) in [4.78, 5) is 25.4. The Morgan fingerprint density at radius 2 is 1.82 bits per heavy atom. The minimum Gasteiger partial charge on any atom is -0.449 e. The third-order valence-corrected chi connectivity index (χ3v) is 4.31. The quantitative estimate of drug-likeness (QED) is 0.920. The average molecular weight is 304 g/mol. The zero-order valence-corrected chi connectivity index (χ0v) is 13.5. The molecule has 1 aliphatic carbocycles. The number of hydrogen-bond donors (Lipinski definition) is 1. The molecular formula is C17H24N2O3. The fourth-order valence-corrected chi connectivity index (χ4v) is 2.76. The molecule has 0 spiro atoms. The highest BCUT2D eigenvalue weighted by atomic mass is 16.6. The molecule has 1 aromatic carbocycles. The summed E-state index contributed by atoms with van der Waals surface area (Å²) in [5.41, 5.74) is 1.23. The number of hydrogen-bond acceptors (Lipinski definition) is 3. The number of ether oxygens (including phenoxy) is 1. The number of amides is 2. The van der Waals surface area contributed by atoms with Gasteiger partial charge in [-0.25, -0.2) is 4.79 Å². The van der Waals surface area contributed by atoms with Crippen molar-refractivity contribution < 1.29 is 14.3 Å². The van der Waals surface area contributed by atoms with Gasteiger partial charge in [-0.1, -0.05) is 19.8 Å². The number of nitrogens with one attached hydrogen (secondary N) is 1. The van der Waals surface area contributed by atoms with E-state index in [1.165, 1.54) is 4.90 Å². The molecule has 120 valence electrons. The van der Waals surface area contributed by atoms with E-state index in [2.05, 4.69) is 5.32 Å². The fourth-order valence-electron chi connectivity index (χ4n) is 2.76. The lowest BCUT2D eigenvalue weighted by atomic mass is 9.88. The fraction of sp³-hybridized carbons (Fsp3) is 0.529. The van der Waals surface area contributed by atoms with Crippen molar-refractivity contribution in [3.05, 3.63) is 24.3 Å². The van der Waals surface area contributed by atoms with Crippen LogP contribution in [0.1, 0.15) is 39.5 Å². The Balaban J connectivity index is 2.00. The van der Waals surface area contributed by atoms with Crippen LogP contribution < -0.4 is 10.2 Å². The number of rotatable bonds is 4. The highest BCUT2D eigenvalue weighted by Crippen LogP contribution is 2.38. The second-order valence-electron chi connectivity index (χ2n) is 6.03. The largest absolute Gasteiger partial charge is 0.449 e. The Labute approximate surface area is 131 Å². The van der Waals surface area contributed by atoms with Gasteiger partial charge in [-0.15, -0.1) is 0 Å². The van der Waals surface area contributed by atoms with Gasteiger partial charge in [0.05, 0.1) is 6.61 Å². The maximum atomic E-state index is 12.4. The van der Waals surface area contributed by atoms with Crippen LogP contribution in [0.2, 0.25) is 0 Å². The summed E-state index contributed by atoms with van der Waals surface area (Å²) in [5.74, 6) is 0.0801. The predicted molar refractivity (Wildman–Crippen MR) is 87.1 cm³/mol. The molecule has 0 bridgehead atoms. The van der Waals surface area contributed by atoms with E-state index in [9.17, 15) is 9.59 Å². The standard InChI is InChI=1S/C17H24N2O3/c1-4-22-16(21)19(3)14-9-7-13(8-10-14)18-15(20)17(2)11-5-6-12-17/h7-10H,4-6,11-12H2,1-3H3,(H,18,20). The molecule has 0 aliphatic heterocycles. The summed E-state index contributed by atoms with van der Waals surface area (Å²) in [6.45, 7) is 4.14. The molecule has 0 saturated heterocycles.